The fourth-order valence-corrected chi connectivity index (χ4v) is 1.95. The minimum Gasteiger partial charge on any atom is -0.307 e. The summed E-state index contributed by atoms with van der Waals surface area (Å²) in [5.41, 5.74) is 1.05. The zero-order valence-corrected chi connectivity index (χ0v) is 11.4. The van der Waals surface area contributed by atoms with Crippen molar-refractivity contribution in [3.63, 3.8) is 0 Å². The Kier molecular flexibility index (Phi) is 4.27. The van der Waals surface area contributed by atoms with E-state index in [-0.39, 0.29) is 11.1 Å². The zero-order valence-electron chi connectivity index (χ0n) is 11.4. The lowest BCUT2D eigenvalue weighted by atomic mass is 10.1. The molecule has 0 saturated carbocycles. The van der Waals surface area contributed by atoms with E-state index in [0.717, 1.165) is 0 Å². The summed E-state index contributed by atoms with van der Waals surface area (Å²) in [5, 5.41) is 0. The van der Waals surface area contributed by atoms with E-state index in [4.69, 9.17) is 0 Å². The molecule has 5 heteroatoms. The first-order valence-electron chi connectivity index (χ1n) is 6.44. The van der Waals surface area contributed by atoms with Crippen LogP contribution in [0.2, 0.25) is 0 Å². The number of halogens is 2. The molecular formula is C15H16F2N2O. The highest BCUT2D eigenvalue weighted by Gasteiger charge is 2.09. The second-order valence-electron chi connectivity index (χ2n) is 5.11. The Morgan fingerprint density at radius 2 is 1.85 bits per heavy atom. The number of nitrogens with zero attached hydrogens (tertiary/aromatic N) is 1. The molecule has 0 aliphatic carbocycles. The predicted octanol–water partition coefficient (Wildman–Crippen LogP) is 3.57. The molecule has 0 radical (unpaired) electrons. The molecule has 1 aromatic heterocycles. The van der Waals surface area contributed by atoms with Gasteiger partial charge in [-0.1, -0.05) is 38.1 Å². The second-order valence-corrected chi connectivity index (χ2v) is 5.11. The van der Waals surface area contributed by atoms with Crippen molar-refractivity contribution in [3.8, 4) is 11.4 Å². The fourth-order valence-electron chi connectivity index (χ4n) is 1.95. The fraction of sp³-hybridized carbons (Fsp3) is 0.333. The van der Waals surface area contributed by atoms with E-state index in [0.29, 0.717) is 29.4 Å². The van der Waals surface area contributed by atoms with Crippen LogP contribution in [-0.4, -0.2) is 9.97 Å². The van der Waals surface area contributed by atoms with Crippen LogP contribution < -0.4 is 5.56 Å². The molecule has 0 fully saturated rings. The predicted molar refractivity (Wildman–Crippen MR) is 73.8 cm³/mol. The highest BCUT2D eigenvalue weighted by molar-refractivity contribution is 5.55. The summed E-state index contributed by atoms with van der Waals surface area (Å²) in [4.78, 5) is 18.6. The van der Waals surface area contributed by atoms with Gasteiger partial charge in [0.1, 0.15) is 5.82 Å². The normalized spacial score (nSPS) is 11.3. The van der Waals surface area contributed by atoms with Gasteiger partial charge in [-0.05, 0) is 12.3 Å². The molecule has 1 heterocycles. The van der Waals surface area contributed by atoms with Gasteiger partial charge in [-0.25, -0.2) is 13.8 Å². The van der Waals surface area contributed by atoms with Gasteiger partial charge >= 0.3 is 0 Å². The highest BCUT2D eigenvalue weighted by Crippen LogP contribution is 2.22. The third kappa shape index (κ3) is 3.50. The molecule has 0 bridgehead atoms. The third-order valence-electron chi connectivity index (χ3n) is 2.85. The standard InChI is InChI=1S/C15H16F2N2O/c1-9(2)7-12-8-13(20)19-15(18-12)11-5-3-10(4-6-11)14(16)17/h3-6,8-9,14H,7H2,1-2H3,(H,18,19,20). The van der Waals surface area contributed by atoms with Crippen LogP contribution in [0, 0.1) is 5.92 Å². The summed E-state index contributed by atoms with van der Waals surface area (Å²) in [5.74, 6) is 0.798. The van der Waals surface area contributed by atoms with Crippen molar-refractivity contribution in [1.82, 2.24) is 9.97 Å². The Bertz CT molecular complexity index is 633. The molecule has 3 nitrogen and oxygen atoms in total. The van der Waals surface area contributed by atoms with Crippen molar-refractivity contribution >= 4 is 0 Å². The summed E-state index contributed by atoms with van der Waals surface area (Å²) in [6.07, 6.45) is -1.80. The lowest BCUT2D eigenvalue weighted by Gasteiger charge is -2.07. The van der Waals surface area contributed by atoms with E-state index in [1.165, 1.54) is 18.2 Å². The molecule has 1 N–H and O–H groups in total. The van der Waals surface area contributed by atoms with Gasteiger partial charge in [0.2, 0.25) is 0 Å². The molecule has 0 aliphatic rings. The third-order valence-corrected chi connectivity index (χ3v) is 2.85. The molecule has 106 valence electrons. The topological polar surface area (TPSA) is 45.8 Å². The first-order chi connectivity index (χ1) is 9.45. The maximum Gasteiger partial charge on any atom is 0.263 e. The Morgan fingerprint density at radius 1 is 1.20 bits per heavy atom. The van der Waals surface area contributed by atoms with Gasteiger partial charge in [0.05, 0.1) is 0 Å². The molecule has 0 unspecified atom stereocenters. The molecule has 0 saturated heterocycles. The molecule has 1 aromatic carbocycles. The summed E-state index contributed by atoms with van der Waals surface area (Å²) in [6.45, 7) is 4.08. The minimum absolute atomic E-state index is 0.0468. The number of H-pyrrole nitrogens is 1. The van der Waals surface area contributed by atoms with Crippen LogP contribution >= 0.6 is 0 Å². The minimum atomic E-state index is -2.50. The van der Waals surface area contributed by atoms with Crippen molar-refractivity contribution in [2.24, 2.45) is 5.92 Å². The summed E-state index contributed by atoms with van der Waals surface area (Å²) in [7, 11) is 0. The number of rotatable bonds is 4. The zero-order chi connectivity index (χ0) is 14.7. The molecule has 0 amide bonds. The van der Waals surface area contributed by atoms with E-state index in [9.17, 15) is 13.6 Å². The average Bonchev–Trinajstić information content (AvgIpc) is 2.37. The van der Waals surface area contributed by atoms with E-state index >= 15 is 0 Å². The number of hydrogen-bond donors (Lipinski definition) is 1. The Balaban J connectivity index is 2.36. The quantitative estimate of drug-likeness (QED) is 0.929. The van der Waals surface area contributed by atoms with Crippen molar-refractivity contribution in [2.45, 2.75) is 26.7 Å². The number of alkyl halides is 2. The SMILES string of the molecule is CC(C)Cc1cc(=O)[nH]c(-c2ccc(C(F)F)cc2)n1. The Labute approximate surface area is 115 Å². The lowest BCUT2D eigenvalue weighted by Crippen LogP contribution is -2.11. The van der Waals surface area contributed by atoms with Crippen LogP contribution in [0.25, 0.3) is 11.4 Å². The number of benzene rings is 1. The van der Waals surface area contributed by atoms with Crippen molar-refractivity contribution in [1.29, 1.82) is 0 Å². The Hall–Kier alpha value is -2.04. The van der Waals surface area contributed by atoms with Crippen LogP contribution in [0.5, 0.6) is 0 Å². The van der Waals surface area contributed by atoms with E-state index < -0.39 is 6.43 Å². The lowest BCUT2D eigenvalue weighted by molar-refractivity contribution is 0.151. The molecule has 0 spiro atoms. The molecule has 2 aromatic rings. The van der Waals surface area contributed by atoms with Crippen LogP contribution in [-0.2, 0) is 6.42 Å². The molecule has 20 heavy (non-hydrogen) atoms. The smallest absolute Gasteiger partial charge is 0.263 e. The molecular weight excluding hydrogens is 262 g/mol. The van der Waals surface area contributed by atoms with Gasteiger partial charge in [0, 0.05) is 22.9 Å². The average molecular weight is 278 g/mol. The summed E-state index contributed by atoms with van der Waals surface area (Å²) < 4.78 is 25.0. The van der Waals surface area contributed by atoms with E-state index in [1.54, 1.807) is 12.1 Å². The monoisotopic (exact) mass is 278 g/mol. The van der Waals surface area contributed by atoms with Crippen molar-refractivity contribution < 1.29 is 8.78 Å². The second kappa shape index (κ2) is 5.94. The maximum absolute atomic E-state index is 12.5. The largest absolute Gasteiger partial charge is 0.307 e. The van der Waals surface area contributed by atoms with Crippen LogP contribution in [0.15, 0.2) is 35.1 Å². The van der Waals surface area contributed by atoms with Crippen molar-refractivity contribution in [2.75, 3.05) is 0 Å². The van der Waals surface area contributed by atoms with Crippen LogP contribution in [0.3, 0.4) is 0 Å². The van der Waals surface area contributed by atoms with Gasteiger partial charge < -0.3 is 4.98 Å². The van der Waals surface area contributed by atoms with Crippen molar-refractivity contribution in [3.05, 3.63) is 51.9 Å². The highest BCUT2D eigenvalue weighted by atomic mass is 19.3. The number of hydrogen-bond acceptors (Lipinski definition) is 2. The molecule has 0 aliphatic heterocycles. The first-order valence-corrected chi connectivity index (χ1v) is 6.44. The van der Waals surface area contributed by atoms with Gasteiger partial charge in [0.25, 0.3) is 12.0 Å². The van der Waals surface area contributed by atoms with E-state index in [1.807, 2.05) is 13.8 Å². The van der Waals surface area contributed by atoms with Gasteiger partial charge in [-0.2, -0.15) is 0 Å². The molecule has 2 rings (SSSR count). The van der Waals surface area contributed by atoms with Gasteiger partial charge in [-0.15, -0.1) is 0 Å². The van der Waals surface area contributed by atoms with Gasteiger partial charge in [0.15, 0.2) is 0 Å². The maximum atomic E-state index is 12.5. The number of nitrogens with one attached hydrogen (secondary N) is 1. The number of aromatic amines is 1. The van der Waals surface area contributed by atoms with Crippen LogP contribution in [0.1, 0.15) is 31.5 Å². The first kappa shape index (κ1) is 14.4. The molecule has 0 atom stereocenters. The van der Waals surface area contributed by atoms with E-state index in [2.05, 4.69) is 9.97 Å². The summed E-state index contributed by atoms with van der Waals surface area (Å²) in [6, 6.07) is 7.24. The Morgan fingerprint density at radius 3 is 2.40 bits per heavy atom. The van der Waals surface area contributed by atoms with Gasteiger partial charge in [-0.3, -0.25) is 4.79 Å². The number of aromatic nitrogens is 2. The van der Waals surface area contributed by atoms with Crippen LogP contribution in [0.4, 0.5) is 8.78 Å². The summed E-state index contributed by atoms with van der Waals surface area (Å²) >= 11 is 0.